The van der Waals surface area contributed by atoms with Gasteiger partial charge < -0.3 is 9.64 Å². The van der Waals surface area contributed by atoms with Crippen LogP contribution in [0.4, 0.5) is 4.39 Å². The fourth-order valence-corrected chi connectivity index (χ4v) is 2.10. The van der Waals surface area contributed by atoms with Gasteiger partial charge in [-0.1, -0.05) is 6.07 Å². The van der Waals surface area contributed by atoms with Crippen molar-refractivity contribution in [3.63, 3.8) is 0 Å². The van der Waals surface area contributed by atoms with Gasteiger partial charge in [0.05, 0.1) is 18.3 Å². The third kappa shape index (κ3) is 3.28. The van der Waals surface area contributed by atoms with Crippen LogP contribution in [0.3, 0.4) is 0 Å². The van der Waals surface area contributed by atoms with Crippen molar-refractivity contribution in [3.05, 3.63) is 35.1 Å². The van der Waals surface area contributed by atoms with Crippen molar-refractivity contribution in [2.75, 3.05) is 20.1 Å². The lowest BCUT2D eigenvalue weighted by Crippen LogP contribution is -2.34. The van der Waals surface area contributed by atoms with Crippen molar-refractivity contribution in [2.24, 2.45) is 0 Å². The first-order chi connectivity index (χ1) is 8.69. The molecule has 1 fully saturated rings. The Morgan fingerprint density at radius 3 is 2.78 bits per heavy atom. The molecule has 1 saturated heterocycles. The number of nitriles is 1. The van der Waals surface area contributed by atoms with Gasteiger partial charge >= 0.3 is 0 Å². The maximum atomic E-state index is 13.4. The topological polar surface area (TPSA) is 36.3 Å². The highest BCUT2D eigenvalue weighted by Crippen LogP contribution is 2.16. The maximum Gasteiger partial charge on any atom is 0.141 e. The Bertz CT molecular complexity index is 448. The molecule has 0 N–H and O–H groups in total. The van der Waals surface area contributed by atoms with E-state index in [2.05, 4.69) is 11.9 Å². The second kappa shape index (κ2) is 5.94. The quantitative estimate of drug-likeness (QED) is 0.823. The van der Waals surface area contributed by atoms with Crippen LogP contribution in [0.25, 0.3) is 0 Å². The average molecular weight is 248 g/mol. The number of hydrogen-bond donors (Lipinski definition) is 0. The molecule has 1 aromatic rings. The number of benzene rings is 1. The zero-order chi connectivity index (χ0) is 13.0. The Morgan fingerprint density at radius 2 is 2.17 bits per heavy atom. The first-order valence-electron chi connectivity index (χ1n) is 6.17. The van der Waals surface area contributed by atoms with Gasteiger partial charge in [0.15, 0.2) is 0 Å². The van der Waals surface area contributed by atoms with Crippen LogP contribution in [0.5, 0.6) is 0 Å². The molecule has 0 aromatic heterocycles. The highest BCUT2D eigenvalue weighted by molar-refractivity contribution is 5.33. The van der Waals surface area contributed by atoms with E-state index >= 15 is 0 Å². The van der Waals surface area contributed by atoms with Crippen molar-refractivity contribution in [2.45, 2.75) is 25.6 Å². The molecule has 3 nitrogen and oxygen atoms in total. The van der Waals surface area contributed by atoms with Gasteiger partial charge in [-0.3, -0.25) is 0 Å². The fourth-order valence-electron chi connectivity index (χ4n) is 2.10. The molecule has 0 radical (unpaired) electrons. The molecular formula is C14H17FN2O. The van der Waals surface area contributed by atoms with Gasteiger partial charge in [0, 0.05) is 13.1 Å². The first-order valence-corrected chi connectivity index (χ1v) is 6.17. The number of ether oxygens (including phenoxy) is 1. The Morgan fingerprint density at radius 1 is 1.44 bits per heavy atom. The lowest BCUT2D eigenvalue weighted by atomic mass is 10.1. The summed E-state index contributed by atoms with van der Waals surface area (Å²) in [5.74, 6) is -0.470. The van der Waals surface area contributed by atoms with Gasteiger partial charge in [0.25, 0.3) is 0 Å². The van der Waals surface area contributed by atoms with Crippen LogP contribution in [-0.2, 0) is 11.3 Å². The molecule has 1 aliphatic heterocycles. The molecule has 1 aliphatic rings. The van der Waals surface area contributed by atoms with E-state index < -0.39 is 5.82 Å². The van der Waals surface area contributed by atoms with Gasteiger partial charge in [0.1, 0.15) is 11.9 Å². The van der Waals surface area contributed by atoms with Gasteiger partial charge in [-0.05, 0) is 37.6 Å². The molecule has 0 atom stereocenters. The molecular weight excluding hydrogens is 231 g/mol. The molecule has 18 heavy (non-hydrogen) atoms. The molecule has 0 amide bonds. The van der Waals surface area contributed by atoms with Crippen molar-refractivity contribution < 1.29 is 9.13 Å². The van der Waals surface area contributed by atoms with Gasteiger partial charge in [-0.15, -0.1) is 0 Å². The monoisotopic (exact) mass is 248 g/mol. The molecule has 0 unspecified atom stereocenters. The van der Waals surface area contributed by atoms with Crippen molar-refractivity contribution in [1.29, 1.82) is 5.26 Å². The smallest absolute Gasteiger partial charge is 0.141 e. The van der Waals surface area contributed by atoms with Crippen molar-refractivity contribution >= 4 is 0 Å². The molecule has 0 saturated carbocycles. The highest BCUT2D eigenvalue weighted by atomic mass is 19.1. The Hall–Kier alpha value is -1.44. The SMILES string of the molecule is CN1CCC(OCc2ccc(C#N)c(F)c2)CC1. The second-order valence-electron chi connectivity index (χ2n) is 4.74. The predicted molar refractivity (Wildman–Crippen MR) is 66.4 cm³/mol. The van der Waals surface area contributed by atoms with E-state index in [0.29, 0.717) is 6.61 Å². The summed E-state index contributed by atoms with van der Waals surface area (Å²) in [6.07, 6.45) is 2.31. The second-order valence-corrected chi connectivity index (χ2v) is 4.74. The largest absolute Gasteiger partial charge is 0.373 e. The number of halogens is 1. The lowest BCUT2D eigenvalue weighted by Gasteiger charge is -2.28. The summed E-state index contributed by atoms with van der Waals surface area (Å²) in [6, 6.07) is 6.44. The number of likely N-dealkylation sites (tertiary alicyclic amines) is 1. The van der Waals surface area contributed by atoms with Crippen molar-refractivity contribution in [1.82, 2.24) is 4.90 Å². The van der Waals surface area contributed by atoms with E-state index in [1.165, 1.54) is 12.1 Å². The van der Waals surface area contributed by atoms with Crippen LogP contribution >= 0.6 is 0 Å². The van der Waals surface area contributed by atoms with Gasteiger partial charge in [0.2, 0.25) is 0 Å². The fraction of sp³-hybridized carbons (Fsp3) is 0.500. The standard InChI is InChI=1S/C14H17FN2O/c1-17-6-4-13(5-7-17)18-10-11-2-3-12(9-16)14(15)8-11/h2-3,8,13H,4-7,10H2,1H3. The van der Waals surface area contributed by atoms with Crippen LogP contribution in [0.1, 0.15) is 24.0 Å². The number of rotatable bonds is 3. The molecule has 1 aromatic carbocycles. The summed E-state index contributed by atoms with van der Waals surface area (Å²) >= 11 is 0. The van der Waals surface area contributed by atoms with E-state index in [1.807, 2.05) is 6.07 Å². The summed E-state index contributed by atoms with van der Waals surface area (Å²) in [4.78, 5) is 2.28. The number of nitrogens with zero attached hydrogens (tertiary/aromatic N) is 2. The molecule has 96 valence electrons. The van der Waals surface area contributed by atoms with E-state index in [-0.39, 0.29) is 11.7 Å². The zero-order valence-corrected chi connectivity index (χ0v) is 10.5. The van der Waals surface area contributed by atoms with E-state index in [0.717, 1.165) is 31.5 Å². The van der Waals surface area contributed by atoms with Gasteiger partial charge in [-0.2, -0.15) is 5.26 Å². The third-order valence-corrected chi connectivity index (χ3v) is 3.31. The molecule has 1 heterocycles. The maximum absolute atomic E-state index is 13.4. The Labute approximate surface area is 107 Å². The van der Waals surface area contributed by atoms with E-state index in [9.17, 15) is 4.39 Å². The van der Waals surface area contributed by atoms with Crippen LogP contribution < -0.4 is 0 Å². The molecule has 0 spiro atoms. The minimum Gasteiger partial charge on any atom is -0.373 e. The summed E-state index contributed by atoms with van der Waals surface area (Å²) in [5, 5.41) is 8.64. The van der Waals surface area contributed by atoms with Crippen LogP contribution in [0.2, 0.25) is 0 Å². The molecule has 0 aliphatic carbocycles. The van der Waals surface area contributed by atoms with Crippen LogP contribution in [0, 0.1) is 17.1 Å². The zero-order valence-electron chi connectivity index (χ0n) is 10.5. The average Bonchev–Trinajstić information content (AvgIpc) is 2.38. The van der Waals surface area contributed by atoms with Crippen molar-refractivity contribution in [3.8, 4) is 6.07 Å². The first kappa shape index (κ1) is 13.0. The highest BCUT2D eigenvalue weighted by Gasteiger charge is 2.17. The predicted octanol–water partition coefficient (Wildman–Crippen LogP) is 2.31. The summed E-state index contributed by atoms with van der Waals surface area (Å²) in [5.41, 5.74) is 0.864. The summed E-state index contributed by atoms with van der Waals surface area (Å²) in [6.45, 7) is 2.51. The Kier molecular flexibility index (Phi) is 4.29. The minimum absolute atomic E-state index is 0.0815. The van der Waals surface area contributed by atoms with E-state index in [1.54, 1.807) is 6.07 Å². The normalized spacial score (nSPS) is 17.6. The number of hydrogen-bond acceptors (Lipinski definition) is 3. The molecule has 0 bridgehead atoms. The lowest BCUT2D eigenvalue weighted by molar-refractivity contribution is 0.00205. The molecule has 2 rings (SSSR count). The summed E-state index contributed by atoms with van der Waals surface area (Å²) in [7, 11) is 2.10. The van der Waals surface area contributed by atoms with E-state index in [4.69, 9.17) is 10.00 Å². The number of piperidine rings is 1. The third-order valence-electron chi connectivity index (χ3n) is 3.31. The van der Waals surface area contributed by atoms with Crippen LogP contribution in [0.15, 0.2) is 18.2 Å². The minimum atomic E-state index is -0.470. The molecule has 4 heteroatoms. The van der Waals surface area contributed by atoms with Crippen LogP contribution in [-0.4, -0.2) is 31.1 Å². The van der Waals surface area contributed by atoms with Gasteiger partial charge in [-0.25, -0.2) is 4.39 Å². The Balaban J connectivity index is 1.87. The summed E-state index contributed by atoms with van der Waals surface area (Å²) < 4.78 is 19.2.